The number of aromatic nitrogens is 1. The third kappa shape index (κ3) is 3.82. The van der Waals surface area contributed by atoms with Crippen molar-refractivity contribution in [1.82, 2.24) is 9.29 Å². The van der Waals surface area contributed by atoms with Gasteiger partial charge in [-0.25, -0.2) is 9.29 Å². The average molecular weight is 357 g/mol. The summed E-state index contributed by atoms with van der Waals surface area (Å²) in [6.45, 7) is 6.92. The molecule has 0 atom stereocenters. The van der Waals surface area contributed by atoms with Crippen molar-refractivity contribution in [3.05, 3.63) is 42.1 Å². The first-order valence-corrected chi connectivity index (χ1v) is 9.47. The van der Waals surface area contributed by atoms with Crippen LogP contribution in [0.5, 0.6) is 0 Å². The van der Waals surface area contributed by atoms with Crippen molar-refractivity contribution in [3.8, 4) is 11.1 Å². The quantitative estimate of drug-likeness (QED) is 0.849. The summed E-state index contributed by atoms with van der Waals surface area (Å²) in [6.07, 6.45) is 1.71. The number of hydrogen-bond donors (Lipinski definition) is 1. The second-order valence-corrected chi connectivity index (χ2v) is 7.71. The molecule has 0 spiro atoms. The van der Waals surface area contributed by atoms with Gasteiger partial charge in [0, 0.05) is 37.3 Å². The summed E-state index contributed by atoms with van der Waals surface area (Å²) in [7, 11) is 0. The summed E-state index contributed by atoms with van der Waals surface area (Å²) in [6, 6.07) is 10.8. The first kappa shape index (κ1) is 16.8. The molecular weight excluding hydrogens is 334 g/mol. The van der Waals surface area contributed by atoms with Crippen LogP contribution in [0.15, 0.2) is 41.4 Å². The zero-order chi connectivity index (χ0) is 17.2. The molecule has 132 valence electrons. The first-order valence-electron chi connectivity index (χ1n) is 8.70. The van der Waals surface area contributed by atoms with E-state index in [0.29, 0.717) is 0 Å². The van der Waals surface area contributed by atoms with Gasteiger partial charge in [0.15, 0.2) is 0 Å². The number of aryl methyl sites for hydroxylation is 1. The molecule has 0 saturated carbocycles. The molecule has 0 aliphatic carbocycles. The molecule has 0 bridgehead atoms. The van der Waals surface area contributed by atoms with Gasteiger partial charge in [0.2, 0.25) is 0 Å². The highest BCUT2D eigenvalue weighted by molar-refractivity contribution is 7.97. The van der Waals surface area contributed by atoms with Crippen molar-refractivity contribution in [2.24, 2.45) is 0 Å². The number of hydrogen-bond acceptors (Lipinski definition) is 6. The van der Waals surface area contributed by atoms with Crippen molar-refractivity contribution in [3.63, 3.8) is 0 Å². The number of ether oxygens (including phenoxy) is 1. The zero-order valence-electron chi connectivity index (χ0n) is 14.4. The Morgan fingerprint density at radius 3 is 2.64 bits per heavy atom. The molecule has 4 rings (SSSR count). The van der Waals surface area contributed by atoms with Crippen LogP contribution >= 0.6 is 11.9 Å². The summed E-state index contributed by atoms with van der Waals surface area (Å²) in [5, 5.41) is 9.48. The number of aliphatic hydroxyl groups is 1. The van der Waals surface area contributed by atoms with Gasteiger partial charge < -0.3 is 14.7 Å². The molecule has 0 amide bonds. The molecule has 2 aliphatic heterocycles. The van der Waals surface area contributed by atoms with Crippen LogP contribution in [0.3, 0.4) is 0 Å². The maximum Gasteiger partial charge on any atom is 0.129 e. The first-order chi connectivity index (χ1) is 12.2. The summed E-state index contributed by atoms with van der Waals surface area (Å²) < 4.78 is 7.63. The second kappa shape index (κ2) is 7.33. The number of morpholine rings is 1. The third-order valence-electron chi connectivity index (χ3n) is 4.66. The smallest absolute Gasteiger partial charge is 0.129 e. The van der Waals surface area contributed by atoms with Crippen LogP contribution in [0.4, 0.5) is 5.82 Å². The molecule has 6 heteroatoms. The van der Waals surface area contributed by atoms with E-state index in [1.165, 1.54) is 21.6 Å². The lowest BCUT2D eigenvalue weighted by molar-refractivity contribution is 0.0616. The van der Waals surface area contributed by atoms with Gasteiger partial charge >= 0.3 is 0 Å². The number of aliphatic hydroxyl groups excluding tert-OH is 1. The van der Waals surface area contributed by atoms with E-state index in [0.717, 1.165) is 45.2 Å². The van der Waals surface area contributed by atoms with E-state index >= 15 is 0 Å². The molecule has 25 heavy (non-hydrogen) atoms. The van der Waals surface area contributed by atoms with Gasteiger partial charge in [-0.3, -0.25) is 0 Å². The molecule has 2 aliphatic rings. The van der Waals surface area contributed by atoms with E-state index in [1.807, 2.05) is 6.20 Å². The fourth-order valence-electron chi connectivity index (χ4n) is 3.07. The fraction of sp³-hybridized carbons (Fsp3) is 0.421. The van der Waals surface area contributed by atoms with Crippen LogP contribution in [-0.2, 0) is 4.74 Å². The summed E-state index contributed by atoms with van der Waals surface area (Å²) >= 11 is 1.73. The summed E-state index contributed by atoms with van der Waals surface area (Å²) in [4.78, 5) is 8.06. The van der Waals surface area contributed by atoms with Gasteiger partial charge in [0.25, 0.3) is 0 Å². The van der Waals surface area contributed by atoms with Crippen molar-refractivity contribution >= 4 is 17.8 Å². The monoisotopic (exact) mass is 357 g/mol. The molecule has 2 saturated heterocycles. The Hall–Kier alpha value is -1.60. The predicted octanol–water partition coefficient (Wildman–Crippen LogP) is 2.58. The predicted molar refractivity (Wildman–Crippen MR) is 101 cm³/mol. The zero-order valence-corrected chi connectivity index (χ0v) is 15.2. The molecule has 1 aromatic carbocycles. The highest BCUT2D eigenvalue weighted by Gasteiger charge is 2.25. The Balaban J connectivity index is 1.56. The Morgan fingerprint density at radius 2 is 1.88 bits per heavy atom. The molecular formula is C19H23N3O2S. The van der Waals surface area contributed by atoms with Gasteiger partial charge in [-0.2, -0.15) is 0 Å². The normalized spacial score (nSPS) is 19.0. The van der Waals surface area contributed by atoms with Crippen LogP contribution < -0.4 is 4.90 Å². The Kier molecular flexibility index (Phi) is 4.94. The van der Waals surface area contributed by atoms with Gasteiger partial charge in [-0.15, -0.1) is 0 Å². The molecule has 3 heterocycles. The van der Waals surface area contributed by atoms with E-state index in [1.54, 1.807) is 11.9 Å². The summed E-state index contributed by atoms with van der Waals surface area (Å²) in [5.41, 5.74) is 3.64. The number of nitrogens with zero attached hydrogens (tertiary/aromatic N) is 3. The molecule has 2 fully saturated rings. The lowest BCUT2D eigenvalue weighted by atomic mass is 10.1. The maximum atomic E-state index is 9.48. The standard InChI is InChI=1S/C19H23N3O2S/c1-14-2-3-15(10-18(14)25-22-12-17(23)13-22)16-4-5-20-19(11-16)21-6-8-24-9-7-21/h2-5,10-11,17,23H,6-9,12-13H2,1H3. The van der Waals surface area contributed by atoms with Crippen molar-refractivity contribution in [2.45, 2.75) is 17.9 Å². The number of pyridine rings is 1. The topological polar surface area (TPSA) is 48.8 Å². The van der Waals surface area contributed by atoms with Crippen molar-refractivity contribution < 1.29 is 9.84 Å². The van der Waals surface area contributed by atoms with E-state index < -0.39 is 0 Å². The van der Waals surface area contributed by atoms with E-state index in [4.69, 9.17) is 4.74 Å². The molecule has 1 aromatic heterocycles. The third-order valence-corrected chi connectivity index (χ3v) is 5.85. The largest absolute Gasteiger partial charge is 0.390 e. The lowest BCUT2D eigenvalue weighted by Gasteiger charge is -2.34. The Labute approximate surface area is 152 Å². The molecule has 5 nitrogen and oxygen atoms in total. The molecule has 0 radical (unpaired) electrons. The molecule has 1 N–H and O–H groups in total. The van der Waals surface area contributed by atoms with Gasteiger partial charge in [0.1, 0.15) is 5.82 Å². The number of anilines is 1. The Bertz CT molecular complexity index is 743. The minimum absolute atomic E-state index is 0.174. The van der Waals surface area contributed by atoms with Gasteiger partial charge in [-0.05, 0) is 53.8 Å². The van der Waals surface area contributed by atoms with Crippen LogP contribution in [-0.4, -0.2) is 59.9 Å². The highest BCUT2D eigenvalue weighted by Crippen LogP contribution is 2.33. The second-order valence-electron chi connectivity index (χ2n) is 6.57. The van der Waals surface area contributed by atoms with E-state index in [9.17, 15) is 5.11 Å². The van der Waals surface area contributed by atoms with E-state index in [-0.39, 0.29) is 6.10 Å². The minimum atomic E-state index is -0.174. The minimum Gasteiger partial charge on any atom is -0.390 e. The number of benzene rings is 1. The highest BCUT2D eigenvalue weighted by atomic mass is 32.2. The lowest BCUT2D eigenvalue weighted by Crippen LogP contribution is -2.46. The van der Waals surface area contributed by atoms with Crippen LogP contribution in [0.2, 0.25) is 0 Å². The average Bonchev–Trinajstić information content (AvgIpc) is 2.63. The van der Waals surface area contributed by atoms with Crippen LogP contribution in [0.25, 0.3) is 11.1 Å². The van der Waals surface area contributed by atoms with Gasteiger partial charge in [0.05, 0.1) is 19.3 Å². The molecule has 0 unspecified atom stereocenters. The van der Waals surface area contributed by atoms with Crippen LogP contribution in [0, 0.1) is 6.92 Å². The number of β-amino-alcohol motifs (C(OH)–C–C–N with tert-alkyl or cyclic N) is 1. The number of rotatable bonds is 4. The van der Waals surface area contributed by atoms with Gasteiger partial charge in [-0.1, -0.05) is 12.1 Å². The van der Waals surface area contributed by atoms with E-state index in [2.05, 4.69) is 51.4 Å². The van der Waals surface area contributed by atoms with Crippen LogP contribution in [0.1, 0.15) is 5.56 Å². The SMILES string of the molecule is Cc1ccc(-c2ccnc(N3CCOCC3)c2)cc1SN1CC(O)C1. The Morgan fingerprint density at radius 1 is 1.12 bits per heavy atom. The fourth-order valence-corrected chi connectivity index (χ4v) is 4.23. The van der Waals surface area contributed by atoms with Crippen molar-refractivity contribution in [1.29, 1.82) is 0 Å². The molecule has 2 aromatic rings. The maximum absolute atomic E-state index is 9.48. The van der Waals surface area contributed by atoms with Crippen molar-refractivity contribution in [2.75, 3.05) is 44.3 Å². The summed E-state index contributed by atoms with van der Waals surface area (Å²) in [5.74, 6) is 1.02.